The van der Waals surface area contributed by atoms with Crippen molar-refractivity contribution in [1.29, 1.82) is 0 Å². The Morgan fingerprint density at radius 1 is 1.06 bits per heavy atom. The maximum Gasteiger partial charge on any atom is 0.425 e. The van der Waals surface area contributed by atoms with E-state index in [4.69, 9.17) is 4.74 Å². The second-order valence-electron chi connectivity index (χ2n) is 8.91. The summed E-state index contributed by atoms with van der Waals surface area (Å²) in [6, 6.07) is 16.1. The molecule has 0 aliphatic heterocycles. The normalized spacial score (nSPS) is 21.2. The van der Waals surface area contributed by atoms with Crippen molar-refractivity contribution in [3.05, 3.63) is 71.3 Å². The van der Waals surface area contributed by atoms with Gasteiger partial charge in [0.2, 0.25) is 0 Å². The third-order valence-corrected chi connectivity index (χ3v) is 8.12. The second kappa shape index (κ2) is 8.83. The van der Waals surface area contributed by atoms with Gasteiger partial charge in [-0.2, -0.15) is 0 Å². The van der Waals surface area contributed by atoms with Gasteiger partial charge in [0.1, 0.15) is 11.9 Å². The van der Waals surface area contributed by atoms with Crippen molar-refractivity contribution in [2.45, 2.75) is 45.5 Å². The van der Waals surface area contributed by atoms with E-state index in [1.54, 1.807) is 57.2 Å². The number of carbonyl (C=O) groups is 2. The molecule has 3 rings (SSSR count). The van der Waals surface area contributed by atoms with E-state index >= 15 is 0 Å². The molecule has 0 radical (unpaired) electrons. The summed E-state index contributed by atoms with van der Waals surface area (Å²) in [4.78, 5) is 24.3. The first-order valence-corrected chi connectivity index (χ1v) is 11.8. The monoisotopic (exact) mass is 444 g/mol. The predicted octanol–water partition coefficient (Wildman–Crippen LogP) is 4.79. The minimum atomic E-state index is -4.31. The lowest BCUT2D eigenvalue weighted by molar-refractivity contribution is -0.148. The highest BCUT2D eigenvalue weighted by atomic mass is 32.2. The molecule has 0 saturated heterocycles. The van der Waals surface area contributed by atoms with E-state index in [0.29, 0.717) is 24.0 Å². The molecule has 0 heterocycles. The molecule has 1 N–H and O–H groups in total. The number of aliphatic carboxylic acids is 1. The summed E-state index contributed by atoms with van der Waals surface area (Å²) in [5, 5.41) is 7.23. The Kier molecular flexibility index (Phi) is 6.55. The molecule has 0 bridgehead atoms. The first-order valence-electron chi connectivity index (χ1n) is 10.3. The van der Waals surface area contributed by atoms with Gasteiger partial charge in [0, 0.05) is 0 Å². The number of carbonyl (C=O) groups excluding carboxylic acids is 1. The summed E-state index contributed by atoms with van der Waals surface area (Å²) in [5.74, 6) is -1.58. The Labute approximate surface area is 183 Å². The largest absolute Gasteiger partial charge is 0.481 e. The molecule has 0 amide bonds. The molecule has 6 nitrogen and oxygen atoms in total. The SMILES string of the molecule is C[C@H]1C(S(=O)(=O)C(=O)OCc2ccccc2)c2ccccc2C[C@H]1CC(C)(C)C(=O)O. The van der Waals surface area contributed by atoms with Crippen LogP contribution in [-0.4, -0.2) is 24.8 Å². The van der Waals surface area contributed by atoms with Crippen LogP contribution in [0.5, 0.6) is 0 Å². The Morgan fingerprint density at radius 3 is 2.32 bits per heavy atom. The van der Waals surface area contributed by atoms with Gasteiger partial charge in [-0.25, -0.2) is 13.2 Å². The maximum atomic E-state index is 13.3. The van der Waals surface area contributed by atoms with Gasteiger partial charge in [-0.15, -0.1) is 0 Å². The number of carboxylic acids is 1. The number of benzene rings is 2. The van der Waals surface area contributed by atoms with Crippen molar-refractivity contribution in [2.75, 3.05) is 0 Å². The molecule has 1 aliphatic carbocycles. The molecule has 31 heavy (non-hydrogen) atoms. The van der Waals surface area contributed by atoms with Crippen LogP contribution in [-0.2, 0) is 32.4 Å². The zero-order valence-corrected chi connectivity index (χ0v) is 18.8. The molecular weight excluding hydrogens is 416 g/mol. The highest BCUT2D eigenvalue weighted by Crippen LogP contribution is 2.47. The number of sulfone groups is 1. The van der Waals surface area contributed by atoms with E-state index in [-0.39, 0.29) is 12.5 Å². The summed E-state index contributed by atoms with van der Waals surface area (Å²) in [7, 11) is -4.31. The van der Waals surface area contributed by atoms with E-state index in [1.807, 2.05) is 18.2 Å². The molecule has 2 aromatic rings. The third-order valence-electron chi connectivity index (χ3n) is 6.18. The fraction of sp³-hybridized carbons (Fsp3) is 0.417. The van der Waals surface area contributed by atoms with Gasteiger partial charge in [-0.05, 0) is 55.2 Å². The highest BCUT2D eigenvalue weighted by molar-refractivity contribution is 8.05. The molecule has 3 atom stereocenters. The molecule has 7 heteroatoms. The van der Waals surface area contributed by atoms with E-state index < -0.39 is 37.7 Å². The van der Waals surface area contributed by atoms with Crippen molar-refractivity contribution < 1.29 is 27.9 Å². The summed E-state index contributed by atoms with van der Waals surface area (Å²) in [6.07, 6.45) is 0.877. The van der Waals surface area contributed by atoms with Crippen LogP contribution in [0.3, 0.4) is 0 Å². The van der Waals surface area contributed by atoms with Crippen molar-refractivity contribution in [3.8, 4) is 0 Å². The molecule has 0 spiro atoms. The summed E-state index contributed by atoms with van der Waals surface area (Å²) in [6.45, 7) is 4.93. The van der Waals surface area contributed by atoms with Crippen molar-refractivity contribution in [3.63, 3.8) is 0 Å². The zero-order chi connectivity index (χ0) is 22.8. The van der Waals surface area contributed by atoms with Crippen LogP contribution in [0.4, 0.5) is 4.79 Å². The lowest BCUT2D eigenvalue weighted by atomic mass is 9.69. The number of hydrogen-bond acceptors (Lipinski definition) is 5. The van der Waals surface area contributed by atoms with Crippen LogP contribution in [0.1, 0.15) is 49.1 Å². The molecule has 1 unspecified atom stereocenters. The molecule has 2 aromatic carbocycles. The van der Waals surface area contributed by atoms with Gasteiger partial charge in [-0.3, -0.25) is 4.79 Å². The minimum Gasteiger partial charge on any atom is -0.481 e. The molecular formula is C24H28O6S. The second-order valence-corrected chi connectivity index (χ2v) is 10.8. The van der Waals surface area contributed by atoms with Crippen LogP contribution in [0.25, 0.3) is 0 Å². The van der Waals surface area contributed by atoms with Crippen LogP contribution < -0.4 is 0 Å². The van der Waals surface area contributed by atoms with Crippen LogP contribution >= 0.6 is 0 Å². The smallest absolute Gasteiger partial charge is 0.425 e. The van der Waals surface area contributed by atoms with Crippen molar-refractivity contribution in [2.24, 2.45) is 17.3 Å². The van der Waals surface area contributed by atoms with Gasteiger partial charge >= 0.3 is 11.3 Å². The maximum absolute atomic E-state index is 13.3. The predicted molar refractivity (Wildman–Crippen MR) is 117 cm³/mol. The van der Waals surface area contributed by atoms with Crippen molar-refractivity contribution in [1.82, 2.24) is 0 Å². The van der Waals surface area contributed by atoms with E-state index in [9.17, 15) is 23.1 Å². The average molecular weight is 445 g/mol. The number of carboxylic acid groups (broad SMARTS) is 1. The van der Waals surface area contributed by atoms with E-state index in [1.165, 1.54) is 0 Å². The van der Waals surface area contributed by atoms with Crippen molar-refractivity contribution >= 4 is 21.1 Å². The first-order chi connectivity index (χ1) is 14.5. The first kappa shape index (κ1) is 23.0. The van der Waals surface area contributed by atoms with Crippen LogP contribution in [0.15, 0.2) is 54.6 Å². The highest BCUT2D eigenvalue weighted by Gasteiger charge is 2.47. The lowest BCUT2D eigenvalue weighted by Crippen LogP contribution is -2.38. The lowest BCUT2D eigenvalue weighted by Gasteiger charge is -2.39. The van der Waals surface area contributed by atoms with Gasteiger partial charge in [0.05, 0.1) is 5.41 Å². The third kappa shape index (κ3) is 4.82. The van der Waals surface area contributed by atoms with Gasteiger partial charge < -0.3 is 9.84 Å². The van der Waals surface area contributed by atoms with Gasteiger partial charge in [0.25, 0.3) is 9.84 Å². The molecule has 0 aromatic heterocycles. The topological polar surface area (TPSA) is 97.7 Å². The standard InChI is InChI=1S/C24H28O6S/c1-16-19(14-24(2,3)22(25)26)13-18-11-7-8-12-20(18)21(16)31(28,29)23(27)30-15-17-9-5-4-6-10-17/h4-12,16,19,21H,13-15H2,1-3H3,(H,25,26)/t16-,19+,21?/m1/s1. The van der Waals surface area contributed by atoms with Gasteiger partial charge in [-0.1, -0.05) is 61.5 Å². The number of rotatable bonds is 6. The van der Waals surface area contributed by atoms with Gasteiger partial charge in [0.15, 0.2) is 0 Å². The van der Waals surface area contributed by atoms with Crippen LogP contribution in [0.2, 0.25) is 0 Å². The molecule has 0 fully saturated rings. The number of fused-ring (bicyclic) bond motifs is 1. The molecule has 166 valence electrons. The summed E-state index contributed by atoms with van der Waals surface area (Å²) >= 11 is 0. The Bertz CT molecular complexity index is 1060. The number of hydrogen-bond donors (Lipinski definition) is 1. The average Bonchev–Trinajstić information content (AvgIpc) is 2.72. The quantitative estimate of drug-likeness (QED) is 0.644. The molecule has 0 saturated carbocycles. The summed E-state index contributed by atoms with van der Waals surface area (Å²) in [5.41, 5.74) is 1.12. The minimum absolute atomic E-state index is 0.128. The fourth-order valence-electron chi connectivity index (χ4n) is 4.35. The van der Waals surface area contributed by atoms with E-state index in [0.717, 1.165) is 5.56 Å². The summed E-state index contributed by atoms with van der Waals surface area (Å²) < 4.78 is 31.8. The molecule has 1 aliphatic rings. The van der Waals surface area contributed by atoms with Crippen LogP contribution in [0, 0.1) is 17.3 Å². The van der Waals surface area contributed by atoms with E-state index in [2.05, 4.69) is 0 Å². The fourth-order valence-corrected chi connectivity index (χ4v) is 6.13. The number of ether oxygens (including phenoxy) is 1. The Morgan fingerprint density at radius 2 is 1.68 bits per heavy atom. The zero-order valence-electron chi connectivity index (χ0n) is 17.9. The Hall–Kier alpha value is -2.67. The Balaban J connectivity index is 1.91.